The molecule has 16 aromatic rings. The first-order valence-corrected chi connectivity index (χ1v) is 47.2. The quantitative estimate of drug-likeness (QED) is 0.0212. The van der Waals surface area contributed by atoms with E-state index in [-0.39, 0.29) is 162 Å². The van der Waals surface area contributed by atoms with E-state index in [4.69, 9.17) is 59.6 Å². The third kappa shape index (κ3) is 21.7. The molecule has 0 radical (unpaired) electrons. The highest BCUT2D eigenvalue weighted by Crippen LogP contribution is 2.46. The zero-order valence-corrected chi connectivity index (χ0v) is 80.2. The number of hydrogen-bond donors (Lipinski definition) is 9. The SMILES string of the molecule is COc1ccc(-c2nc(C(=O)CC3CCCc4nccnc43)c([C@H](C)N)o2)c2ccc(C(F)(F)F)nc12.COc1ccc(-c2nc(C(=O)NC3CCN(c4nccs4)CC3)c([C@H](C)N)o2)c2ccc(C(F)(F)F)nc12.COc1ccc(-c2nc(C(=O)NC3CCc4ccccc43)c([C@@H](N)CO)o2)c2ccc(C(F)(F)F)nc12.COc1ccc(-c2nc(C(=O)NC3c4ccccc4CC3O)c(CN)o2)c2ccc(C(F)(F)F)nc12. The average molecular weight is 2070 g/mol. The van der Waals surface area contributed by atoms with Gasteiger partial charge in [0.15, 0.2) is 51.0 Å². The lowest BCUT2D eigenvalue weighted by atomic mass is 9.85. The highest BCUT2D eigenvalue weighted by Gasteiger charge is 2.42. The number of carbonyl (C=O) groups excluding carboxylic acids is 4. The summed E-state index contributed by atoms with van der Waals surface area (Å²) >= 11 is 1.58. The number of ketones is 1. The van der Waals surface area contributed by atoms with E-state index in [2.05, 4.69) is 75.7 Å². The van der Waals surface area contributed by atoms with E-state index in [1.807, 2.05) is 53.9 Å². The molecule has 3 amide bonds. The first kappa shape index (κ1) is 104. The van der Waals surface area contributed by atoms with E-state index in [1.54, 1.807) is 68.0 Å². The number of piperidine rings is 1. The van der Waals surface area contributed by atoms with Gasteiger partial charge in [0, 0.05) is 106 Å². The van der Waals surface area contributed by atoms with Gasteiger partial charge in [-0.2, -0.15) is 52.7 Å². The molecule has 0 saturated carbocycles. The molecular formula is C102H93F12N19O14S. The summed E-state index contributed by atoms with van der Waals surface area (Å²) in [4.78, 5) is 101. The number of carbonyl (C=O) groups is 4. The van der Waals surface area contributed by atoms with Gasteiger partial charge < -0.3 is 90.6 Å². The Bertz CT molecular complexity index is 7660. The van der Waals surface area contributed by atoms with Crippen molar-refractivity contribution in [3.63, 3.8) is 0 Å². The van der Waals surface area contributed by atoms with Gasteiger partial charge >= 0.3 is 24.7 Å². The number of fused-ring (bicyclic) bond motifs is 7. The Hall–Kier alpha value is -15.5. The summed E-state index contributed by atoms with van der Waals surface area (Å²) in [6.07, 6.45) is -8.22. The number of benzene rings is 6. The molecule has 13 N–H and O–H groups in total. The molecule has 46 heteroatoms. The first-order chi connectivity index (χ1) is 70.7. The number of pyridine rings is 4. The van der Waals surface area contributed by atoms with Crippen molar-refractivity contribution in [1.82, 2.24) is 70.8 Å². The lowest BCUT2D eigenvalue weighted by Gasteiger charge is -2.32. The fourth-order valence-corrected chi connectivity index (χ4v) is 18.9. The van der Waals surface area contributed by atoms with Crippen molar-refractivity contribution in [2.24, 2.45) is 22.9 Å². The molecule has 10 aromatic heterocycles. The molecule has 148 heavy (non-hydrogen) atoms. The molecule has 1 aliphatic heterocycles. The number of amides is 3. The van der Waals surface area contributed by atoms with Crippen molar-refractivity contribution in [3.8, 4) is 68.8 Å². The number of aromatic nitrogens is 11. The largest absolute Gasteiger partial charge is 0.494 e. The smallest absolute Gasteiger partial charge is 0.433 e. The highest BCUT2D eigenvalue weighted by atomic mass is 32.1. The number of Topliss-reactive ketones (excluding diaryl/α,β-unsaturated/α-hetero) is 1. The van der Waals surface area contributed by atoms with E-state index in [9.17, 15) is 82.1 Å². The summed E-state index contributed by atoms with van der Waals surface area (Å²) in [5.74, 6) is -0.817. The number of nitrogens with zero attached hydrogens (tertiary/aromatic N) is 12. The number of thiazole rings is 1. The number of methoxy groups -OCH3 is 4. The Kier molecular flexibility index (Phi) is 30.1. The third-order valence-electron chi connectivity index (χ3n) is 25.4. The minimum absolute atomic E-state index is 0.000588. The lowest BCUT2D eigenvalue weighted by molar-refractivity contribution is -0.141. The van der Waals surface area contributed by atoms with Gasteiger partial charge in [-0.25, -0.2) is 44.9 Å². The zero-order chi connectivity index (χ0) is 105. The molecule has 3 aliphatic carbocycles. The Labute approximate surface area is 836 Å². The molecule has 33 nitrogen and oxygen atoms in total. The summed E-state index contributed by atoms with van der Waals surface area (Å²) in [6.45, 7) is 4.19. The molecular weight excluding hydrogens is 1980 g/mol. The monoisotopic (exact) mass is 2070 g/mol. The van der Waals surface area contributed by atoms with Crippen LogP contribution in [0.4, 0.5) is 57.8 Å². The van der Waals surface area contributed by atoms with Crippen LogP contribution in [0.2, 0.25) is 0 Å². The number of oxazole rings is 4. The third-order valence-corrected chi connectivity index (χ3v) is 26.2. The van der Waals surface area contributed by atoms with Gasteiger partial charge in [-0.15, -0.1) is 11.3 Å². The standard InChI is InChI=1S/C26H24F3N5O3.C26H23F3N4O4.C25H25F3N6O3S.C25H21F3N4O4/c1-13(30)24-23(18(35)12-14-4-3-5-17-21(14)32-11-10-31-17)34-25(37-24)16-6-8-19(36-2)22-15(16)7-9-20(33-22)26(27,28)29;1-36-19-10-7-16(15-8-11-20(26(27,28)29)32-21(15)19)25-33-22(23(37-25)17(30)12-34)24(35)31-18-9-6-13-4-2-3-5-14(13)18;1-13(29)21-20(22(35)31-14-7-10-34(11-8-14)24-30-9-12-38-24)33-23(37-21)16-3-5-17(36-2)19-15(16)4-6-18(32-19)25(26,27)28;1-35-17-8-6-15(14-7-9-19(25(26,27)28)30-21(14)17)24-32-22(18(11-29)36-24)23(34)31-20-13-5-3-2-4-12(13)10-16(20)33/h6-11,13-14H,3-5,12,30H2,1-2H3;2-5,7-8,10-11,17-18,34H,6,9,12,30H2,1H3,(H,31,35);3-6,9,12-14H,7-8,10-11,29H2,1-2H3,(H,31,35);2-9,16,20,33H,10-11,29H2,1H3,(H,31,34)/t13-,14?;17-,18?;13-;/m000./s1. The van der Waals surface area contributed by atoms with Crippen LogP contribution in [0.1, 0.15) is 210 Å². The number of anilines is 1. The van der Waals surface area contributed by atoms with Crippen LogP contribution < -0.4 is 62.7 Å². The van der Waals surface area contributed by atoms with Crippen molar-refractivity contribution in [1.29, 1.82) is 0 Å². The summed E-state index contributed by atoms with van der Waals surface area (Å²) in [5.41, 5.74) is 26.6. The predicted molar refractivity (Wildman–Crippen MR) is 515 cm³/mol. The number of alkyl halides is 12. The Balaban J connectivity index is 0.000000135. The molecule has 770 valence electrons. The zero-order valence-electron chi connectivity index (χ0n) is 79.4. The van der Waals surface area contributed by atoms with Crippen LogP contribution >= 0.6 is 11.3 Å². The summed E-state index contributed by atoms with van der Waals surface area (Å²) in [5, 5.41) is 33.0. The van der Waals surface area contributed by atoms with Crippen LogP contribution in [0.3, 0.4) is 0 Å². The maximum atomic E-state index is 13.4. The normalized spacial score (nSPS) is 16.3. The molecule has 20 rings (SSSR count). The van der Waals surface area contributed by atoms with E-state index >= 15 is 0 Å². The van der Waals surface area contributed by atoms with Crippen LogP contribution in [0.5, 0.6) is 23.0 Å². The molecule has 1 saturated heterocycles. The van der Waals surface area contributed by atoms with E-state index in [0.29, 0.717) is 45.7 Å². The highest BCUT2D eigenvalue weighted by molar-refractivity contribution is 7.13. The van der Waals surface area contributed by atoms with Crippen LogP contribution in [0.25, 0.3) is 89.4 Å². The van der Waals surface area contributed by atoms with Crippen molar-refractivity contribution in [3.05, 3.63) is 272 Å². The number of halogens is 12. The van der Waals surface area contributed by atoms with Gasteiger partial charge in [0.1, 0.15) is 73.5 Å². The molecule has 11 heterocycles. The number of nitrogens with two attached hydrogens (primary N) is 4. The molecule has 7 atom stereocenters. The van der Waals surface area contributed by atoms with Gasteiger partial charge in [0.2, 0.25) is 23.6 Å². The number of hydrogen-bond acceptors (Lipinski definition) is 31. The molecule has 4 unspecified atom stereocenters. The number of aliphatic hydroxyl groups is 2. The van der Waals surface area contributed by atoms with Crippen molar-refractivity contribution in [2.45, 2.75) is 151 Å². The van der Waals surface area contributed by atoms with Gasteiger partial charge in [-0.3, -0.25) is 29.1 Å². The Morgan fingerprint density at radius 1 is 0.473 bits per heavy atom. The number of rotatable bonds is 23. The lowest BCUT2D eigenvalue weighted by Crippen LogP contribution is -2.45. The van der Waals surface area contributed by atoms with Crippen LogP contribution in [0, 0.1) is 0 Å². The fourth-order valence-electron chi connectivity index (χ4n) is 18.2. The number of nitrogens with one attached hydrogen (secondary N) is 3. The number of ether oxygens (including phenoxy) is 4. The van der Waals surface area contributed by atoms with Crippen molar-refractivity contribution >= 4 is 83.6 Å². The van der Waals surface area contributed by atoms with E-state index < -0.39 is 102 Å². The van der Waals surface area contributed by atoms with Crippen molar-refractivity contribution < 1.29 is 119 Å². The van der Waals surface area contributed by atoms with Crippen molar-refractivity contribution in [2.75, 3.05) is 53.0 Å². The van der Waals surface area contributed by atoms with Crippen LogP contribution in [-0.4, -0.2) is 149 Å². The van der Waals surface area contributed by atoms with Gasteiger partial charge in [-0.1, -0.05) is 48.5 Å². The molecule has 1 fully saturated rings. The van der Waals surface area contributed by atoms with Gasteiger partial charge in [0.25, 0.3) is 17.7 Å². The summed E-state index contributed by atoms with van der Waals surface area (Å²) in [6, 6.07) is 32.6. The minimum atomic E-state index is -4.65. The maximum absolute atomic E-state index is 13.4. The van der Waals surface area contributed by atoms with Gasteiger partial charge in [0.05, 0.1) is 89.3 Å². The number of aryl methyl sites for hydroxylation is 2. The second-order valence-corrected chi connectivity index (χ2v) is 35.9. The summed E-state index contributed by atoms with van der Waals surface area (Å²) in [7, 11) is 5.34. The molecule has 0 spiro atoms. The first-order valence-electron chi connectivity index (χ1n) is 46.3. The predicted octanol–water partition coefficient (Wildman–Crippen LogP) is 18.3. The summed E-state index contributed by atoms with van der Waals surface area (Å²) < 4.78 is 204. The molecule has 0 bridgehead atoms. The Morgan fingerprint density at radius 2 is 0.899 bits per heavy atom. The van der Waals surface area contributed by atoms with E-state index in [0.717, 1.165) is 115 Å². The Morgan fingerprint density at radius 3 is 1.36 bits per heavy atom. The maximum Gasteiger partial charge on any atom is 0.433 e. The van der Waals surface area contributed by atoms with Crippen LogP contribution in [0.15, 0.2) is 187 Å². The van der Waals surface area contributed by atoms with E-state index in [1.165, 1.54) is 77.0 Å². The fraction of sp³-hybridized carbons (Fsp3) is 0.304. The molecule has 4 aliphatic rings. The topological polar surface area (TPSA) is 483 Å². The average Bonchev–Trinajstić information content (AvgIpc) is 1.58. The van der Waals surface area contributed by atoms with Gasteiger partial charge in [-0.05, 0) is 178 Å². The second kappa shape index (κ2) is 42.9. The number of aliphatic hydroxyl groups excluding tert-OH is 2. The molecule has 6 aromatic carbocycles. The minimum Gasteiger partial charge on any atom is -0.494 e. The second-order valence-electron chi connectivity index (χ2n) is 35.0. The van der Waals surface area contributed by atoms with Crippen LogP contribution in [-0.2, 0) is 50.5 Å².